The van der Waals surface area contributed by atoms with Crippen molar-refractivity contribution in [2.75, 3.05) is 13.2 Å². The predicted octanol–water partition coefficient (Wildman–Crippen LogP) is -3.68. The second-order valence-corrected chi connectivity index (χ2v) is 1.93. The fourth-order valence-corrected chi connectivity index (χ4v) is 0.501. The van der Waals surface area contributed by atoms with Crippen molar-refractivity contribution in [3.05, 3.63) is 0 Å². The van der Waals surface area contributed by atoms with Crippen LogP contribution in [-0.2, 0) is 9.31 Å². The van der Waals surface area contributed by atoms with E-state index in [9.17, 15) is 0 Å². The van der Waals surface area contributed by atoms with E-state index in [0.717, 1.165) is 0 Å². The molecule has 7 nitrogen and oxygen atoms in total. The van der Waals surface area contributed by atoms with Crippen LogP contribution in [0.25, 0.3) is 0 Å². The van der Waals surface area contributed by atoms with Gasteiger partial charge in [-0.2, -0.15) is 0 Å². The maximum atomic E-state index is 8.50. The highest BCUT2D eigenvalue weighted by Gasteiger charge is 2.19. The molecule has 9 heteroatoms. The van der Waals surface area contributed by atoms with Crippen molar-refractivity contribution < 1.29 is 34.5 Å². The first-order valence-electron chi connectivity index (χ1n) is 3.16. The van der Waals surface area contributed by atoms with E-state index in [2.05, 4.69) is 9.31 Å². The summed E-state index contributed by atoms with van der Waals surface area (Å²) in [7, 11) is -4.00. The first-order chi connectivity index (χ1) is 5.56. The van der Waals surface area contributed by atoms with E-state index in [4.69, 9.17) is 25.2 Å². The Bertz CT molecular complexity index is 109. The molecule has 0 aliphatic carbocycles. The van der Waals surface area contributed by atoms with E-state index < -0.39 is 27.4 Å². The Hall–Kier alpha value is -0.150. The van der Waals surface area contributed by atoms with Gasteiger partial charge in [-0.05, 0) is 0 Å². The van der Waals surface area contributed by atoms with Gasteiger partial charge in [0, 0.05) is 0 Å². The normalized spacial score (nSPS) is 12.8. The molecule has 0 aromatic heterocycles. The van der Waals surface area contributed by atoms with Crippen molar-refractivity contribution in [3.8, 4) is 0 Å². The van der Waals surface area contributed by atoms with Gasteiger partial charge in [0.05, 0.1) is 19.3 Å². The molecule has 0 spiro atoms. The molecular weight excluding hydrogens is 170 g/mol. The Morgan fingerprint density at radius 1 is 1.08 bits per heavy atom. The second-order valence-electron chi connectivity index (χ2n) is 1.93. The van der Waals surface area contributed by atoms with Crippen LogP contribution >= 0.6 is 0 Å². The van der Waals surface area contributed by atoms with Crippen molar-refractivity contribution in [3.63, 3.8) is 0 Å². The van der Waals surface area contributed by atoms with E-state index in [1.165, 1.54) is 0 Å². The lowest BCUT2D eigenvalue weighted by molar-refractivity contribution is 0.0223. The zero-order valence-electron chi connectivity index (χ0n) is 6.20. The third kappa shape index (κ3) is 6.55. The molecule has 5 N–H and O–H groups in total. The average Bonchev–Trinajstić information content (AvgIpc) is 1.97. The Balaban J connectivity index is 3.53. The van der Waals surface area contributed by atoms with Gasteiger partial charge in [0.25, 0.3) is 0 Å². The monoisotopic (exact) mass is 180 g/mol. The molecular formula is C3H10B2O7. The van der Waals surface area contributed by atoms with Gasteiger partial charge in [0.1, 0.15) is 0 Å². The van der Waals surface area contributed by atoms with Gasteiger partial charge < -0.3 is 34.5 Å². The van der Waals surface area contributed by atoms with Crippen LogP contribution in [-0.4, -0.2) is 59.2 Å². The quantitative estimate of drug-likeness (QED) is 0.267. The summed E-state index contributed by atoms with van der Waals surface area (Å²) in [5.41, 5.74) is 0. The number of aliphatic hydroxyl groups excluding tert-OH is 1. The minimum absolute atomic E-state index is 0.355. The van der Waals surface area contributed by atoms with Crippen LogP contribution in [0, 0.1) is 0 Å². The van der Waals surface area contributed by atoms with Gasteiger partial charge in [0.15, 0.2) is 0 Å². The van der Waals surface area contributed by atoms with E-state index in [-0.39, 0.29) is 6.61 Å². The van der Waals surface area contributed by atoms with Crippen molar-refractivity contribution in [2.24, 2.45) is 0 Å². The lowest BCUT2D eigenvalue weighted by atomic mass is 10.2. The predicted molar refractivity (Wildman–Crippen MR) is 38.3 cm³/mol. The zero-order valence-corrected chi connectivity index (χ0v) is 6.20. The van der Waals surface area contributed by atoms with E-state index in [1.54, 1.807) is 0 Å². The first-order valence-corrected chi connectivity index (χ1v) is 3.16. The molecule has 0 aliphatic rings. The van der Waals surface area contributed by atoms with Crippen LogP contribution in [0.1, 0.15) is 0 Å². The first kappa shape index (κ1) is 11.8. The molecule has 1 atom stereocenters. The number of hydrogen-bond acceptors (Lipinski definition) is 7. The lowest BCUT2D eigenvalue weighted by Crippen LogP contribution is -2.34. The lowest BCUT2D eigenvalue weighted by Gasteiger charge is -2.14. The SMILES string of the molecule is OCC(COB(O)O)OB(O)O. The van der Waals surface area contributed by atoms with Crippen molar-refractivity contribution >= 4 is 14.6 Å². The molecule has 1 unspecified atom stereocenters. The summed E-state index contributed by atoms with van der Waals surface area (Å²) in [5, 5.41) is 41.4. The molecule has 0 saturated heterocycles. The van der Waals surface area contributed by atoms with Gasteiger partial charge in [-0.1, -0.05) is 0 Å². The maximum absolute atomic E-state index is 8.50. The molecule has 0 rings (SSSR count). The Labute approximate surface area is 69.5 Å². The highest BCUT2D eigenvalue weighted by Crippen LogP contribution is 1.93. The van der Waals surface area contributed by atoms with Crippen LogP contribution in [0.5, 0.6) is 0 Å². The standard InChI is InChI=1S/C3H10B2O7/c6-1-3(12-5(9)10)2-11-4(7)8/h3,6-10H,1-2H2. The van der Waals surface area contributed by atoms with Gasteiger partial charge in [0.2, 0.25) is 0 Å². The largest absolute Gasteiger partial charge is 0.634 e. The van der Waals surface area contributed by atoms with Gasteiger partial charge >= 0.3 is 14.6 Å². The summed E-state index contributed by atoms with van der Waals surface area (Å²) in [5.74, 6) is 0. The van der Waals surface area contributed by atoms with Crippen LogP contribution in [0.15, 0.2) is 0 Å². The number of hydrogen-bond donors (Lipinski definition) is 5. The van der Waals surface area contributed by atoms with Crippen molar-refractivity contribution in [1.82, 2.24) is 0 Å². The molecule has 0 bridgehead atoms. The van der Waals surface area contributed by atoms with E-state index >= 15 is 0 Å². The number of rotatable bonds is 6. The highest BCUT2D eigenvalue weighted by atomic mass is 16.7. The summed E-state index contributed by atoms with van der Waals surface area (Å²) in [6.45, 7) is -0.879. The molecule has 0 heterocycles. The van der Waals surface area contributed by atoms with Crippen LogP contribution in [0.4, 0.5) is 0 Å². The molecule has 0 aliphatic heterocycles. The van der Waals surface area contributed by atoms with Crippen LogP contribution in [0.3, 0.4) is 0 Å². The Morgan fingerprint density at radius 2 is 1.67 bits per heavy atom. The fraction of sp³-hybridized carbons (Fsp3) is 1.00. The summed E-state index contributed by atoms with van der Waals surface area (Å²) in [6, 6.07) is 0. The second kappa shape index (κ2) is 6.38. The third-order valence-corrected chi connectivity index (χ3v) is 0.949. The fourth-order valence-electron chi connectivity index (χ4n) is 0.501. The molecule has 12 heavy (non-hydrogen) atoms. The van der Waals surface area contributed by atoms with Gasteiger partial charge in [-0.3, -0.25) is 0 Å². The molecule has 0 saturated carbocycles. The van der Waals surface area contributed by atoms with Gasteiger partial charge in [-0.15, -0.1) is 0 Å². The van der Waals surface area contributed by atoms with E-state index in [0.29, 0.717) is 0 Å². The molecule has 70 valence electrons. The molecule has 0 fully saturated rings. The third-order valence-electron chi connectivity index (χ3n) is 0.949. The average molecular weight is 180 g/mol. The smallest absolute Gasteiger partial charge is 0.402 e. The molecule has 0 radical (unpaired) electrons. The van der Waals surface area contributed by atoms with Crippen LogP contribution in [0.2, 0.25) is 0 Å². The topological polar surface area (TPSA) is 120 Å². The summed E-state index contributed by atoms with van der Waals surface area (Å²) < 4.78 is 8.46. The number of aliphatic hydroxyl groups is 1. The van der Waals surface area contributed by atoms with Crippen molar-refractivity contribution in [1.29, 1.82) is 0 Å². The minimum atomic E-state index is -2.03. The molecule has 0 aromatic carbocycles. The zero-order chi connectivity index (χ0) is 9.56. The summed E-state index contributed by atoms with van der Waals surface area (Å²) in [6.07, 6.45) is -1.01. The highest BCUT2D eigenvalue weighted by molar-refractivity contribution is 6.33. The summed E-state index contributed by atoms with van der Waals surface area (Å²) >= 11 is 0. The summed E-state index contributed by atoms with van der Waals surface area (Å²) in [4.78, 5) is 0. The molecule has 0 amide bonds. The van der Waals surface area contributed by atoms with Crippen molar-refractivity contribution in [2.45, 2.75) is 6.10 Å². The van der Waals surface area contributed by atoms with Gasteiger partial charge in [-0.25, -0.2) is 0 Å². The Kier molecular flexibility index (Phi) is 6.30. The molecule has 0 aromatic rings. The minimum Gasteiger partial charge on any atom is -0.402 e. The van der Waals surface area contributed by atoms with E-state index in [1.807, 2.05) is 0 Å². The Morgan fingerprint density at radius 3 is 2.00 bits per heavy atom. The van der Waals surface area contributed by atoms with Crippen LogP contribution < -0.4 is 0 Å². The maximum Gasteiger partial charge on any atom is 0.634 e.